The first-order chi connectivity index (χ1) is 25.4. The lowest BCUT2D eigenvalue weighted by atomic mass is 9.82. The number of benzene rings is 4. The molecule has 1 spiro atoms. The van der Waals surface area contributed by atoms with E-state index in [0.29, 0.717) is 51.9 Å². The molecule has 7 rings (SSSR count). The number of aromatic nitrogens is 3. The molecule has 0 radical (unpaired) electrons. The smallest absolute Gasteiger partial charge is 0.264 e. The molecule has 5 aromatic rings. The molecule has 1 fully saturated rings. The summed E-state index contributed by atoms with van der Waals surface area (Å²) >= 11 is 6.60. The Morgan fingerprint density at radius 2 is 1.81 bits per heavy atom. The number of anilines is 3. The van der Waals surface area contributed by atoms with Crippen LogP contribution < -0.4 is 16.0 Å². The number of halogens is 1. The summed E-state index contributed by atoms with van der Waals surface area (Å²) in [5.41, 5.74) is 9.54. The summed E-state index contributed by atoms with van der Waals surface area (Å²) in [4.78, 5) is 41.3. The van der Waals surface area contributed by atoms with Gasteiger partial charge in [0.2, 0.25) is 0 Å². The highest BCUT2D eigenvalue weighted by atomic mass is 35.5. The summed E-state index contributed by atoms with van der Waals surface area (Å²) in [6, 6.07) is 29.2. The molecule has 2 aliphatic heterocycles. The fraction of sp³-hybridized carbons (Fsp3) is 0.300. The van der Waals surface area contributed by atoms with Crippen LogP contribution in [0.15, 0.2) is 103 Å². The lowest BCUT2D eigenvalue weighted by Crippen LogP contribution is -2.46. The third-order valence-corrected chi connectivity index (χ3v) is 13.3. The van der Waals surface area contributed by atoms with Crippen molar-refractivity contribution in [1.82, 2.24) is 15.0 Å². The van der Waals surface area contributed by atoms with Gasteiger partial charge in [0.1, 0.15) is 0 Å². The molecule has 5 N–H and O–H groups in total. The number of hydrogen-bond donors (Lipinski definition) is 4. The van der Waals surface area contributed by atoms with Crippen molar-refractivity contribution in [3.05, 3.63) is 136 Å². The van der Waals surface area contributed by atoms with E-state index in [0.717, 1.165) is 11.1 Å². The van der Waals surface area contributed by atoms with E-state index in [2.05, 4.69) is 15.6 Å². The van der Waals surface area contributed by atoms with E-state index in [1.54, 1.807) is 46.0 Å². The van der Waals surface area contributed by atoms with E-state index in [9.17, 15) is 19.5 Å². The first-order valence-electron chi connectivity index (χ1n) is 17.7. The predicted octanol–water partition coefficient (Wildman–Crippen LogP) is 6.33. The number of nitrogens with two attached hydrogens (primary N) is 1. The summed E-state index contributed by atoms with van der Waals surface area (Å²) in [6.45, 7) is 6.33. The van der Waals surface area contributed by atoms with Gasteiger partial charge in [0, 0.05) is 51.7 Å². The first kappa shape index (κ1) is 36.5. The van der Waals surface area contributed by atoms with Gasteiger partial charge in [0.05, 0.1) is 36.6 Å². The highest BCUT2D eigenvalue weighted by Gasteiger charge is 2.66. The van der Waals surface area contributed by atoms with Crippen LogP contribution in [0, 0.1) is 5.92 Å². The Hall–Kier alpha value is -4.85. The van der Waals surface area contributed by atoms with Crippen LogP contribution >= 0.6 is 11.6 Å². The number of nitrogen functional groups attached to an aromatic ring is 1. The van der Waals surface area contributed by atoms with Crippen molar-refractivity contribution in [2.24, 2.45) is 5.92 Å². The molecular weight excluding hydrogens is 708 g/mol. The van der Waals surface area contributed by atoms with Crippen molar-refractivity contribution >= 4 is 48.8 Å². The van der Waals surface area contributed by atoms with Crippen LogP contribution in [0.4, 0.5) is 17.1 Å². The van der Waals surface area contributed by atoms with Gasteiger partial charge in [0.15, 0.2) is 13.9 Å². The monoisotopic (exact) mass is 750 g/mol. The minimum atomic E-state index is -2.91. The predicted molar refractivity (Wildman–Crippen MR) is 207 cm³/mol. The Morgan fingerprint density at radius 1 is 1.06 bits per heavy atom. The molecular formula is C40H43ClN6O5Si. The van der Waals surface area contributed by atoms with E-state index < -0.39 is 20.0 Å². The number of aliphatic hydroxyl groups excluding tert-OH is 1. The van der Waals surface area contributed by atoms with Crippen molar-refractivity contribution in [1.29, 1.82) is 0 Å². The lowest BCUT2D eigenvalue weighted by Gasteiger charge is -2.32. The first-order valence-corrected chi connectivity index (χ1v) is 21.1. The average Bonchev–Trinajstić information content (AvgIpc) is 3.79. The zero-order chi connectivity index (χ0) is 37.5. The maximum Gasteiger partial charge on any atom is 0.264 e. The Labute approximate surface area is 314 Å². The number of carbonyl (C=O) groups is 2. The molecule has 274 valence electrons. The summed E-state index contributed by atoms with van der Waals surface area (Å²) in [5.74, 6) is -1.17. The van der Waals surface area contributed by atoms with Crippen LogP contribution in [-0.2, 0) is 28.2 Å². The molecule has 11 nitrogen and oxygen atoms in total. The van der Waals surface area contributed by atoms with Crippen LogP contribution in [0.3, 0.4) is 0 Å². The second-order valence-corrected chi connectivity index (χ2v) is 18.9. The van der Waals surface area contributed by atoms with E-state index in [1.165, 1.54) is 0 Å². The summed E-state index contributed by atoms with van der Waals surface area (Å²) in [5, 5.41) is 22.3. The topological polar surface area (TPSA) is 156 Å². The summed E-state index contributed by atoms with van der Waals surface area (Å²) in [6.07, 6.45) is 1.85. The van der Waals surface area contributed by atoms with E-state index in [-0.39, 0.29) is 42.3 Å². The van der Waals surface area contributed by atoms with Gasteiger partial charge in [-0.05, 0) is 85.2 Å². The molecule has 0 saturated carbocycles. The van der Waals surface area contributed by atoms with Gasteiger partial charge in [-0.15, -0.1) is 5.10 Å². The van der Waals surface area contributed by atoms with Crippen LogP contribution in [0.2, 0.25) is 23.7 Å². The van der Waals surface area contributed by atoms with E-state index >= 15 is 0 Å². The molecule has 53 heavy (non-hydrogen) atoms. The van der Waals surface area contributed by atoms with Crippen molar-refractivity contribution < 1.29 is 24.2 Å². The molecule has 0 bridgehead atoms. The van der Waals surface area contributed by atoms with Crippen LogP contribution in [0.1, 0.15) is 52.0 Å². The molecule has 4 aromatic carbocycles. The second kappa shape index (κ2) is 14.5. The molecule has 5 atom stereocenters. The van der Waals surface area contributed by atoms with Crippen LogP contribution in [0.25, 0.3) is 0 Å². The molecule has 1 aromatic heterocycles. The number of rotatable bonds is 11. The quantitative estimate of drug-likeness (QED) is 0.0903. The van der Waals surface area contributed by atoms with Gasteiger partial charge in [-0.1, -0.05) is 66.2 Å². The van der Waals surface area contributed by atoms with Crippen molar-refractivity contribution in [2.45, 2.75) is 62.7 Å². The highest BCUT2D eigenvalue weighted by molar-refractivity contribution is 6.71. The fourth-order valence-electron chi connectivity index (χ4n) is 8.14. The van der Waals surface area contributed by atoms with Gasteiger partial charge >= 0.3 is 0 Å². The largest absolute Gasteiger partial charge is 0.432 e. The Morgan fingerprint density at radius 3 is 2.53 bits per heavy atom. The number of nitrogens with zero attached hydrogens (tertiary/aromatic N) is 4. The van der Waals surface area contributed by atoms with Gasteiger partial charge in [-0.3, -0.25) is 14.3 Å². The minimum Gasteiger partial charge on any atom is -0.432 e. The van der Waals surface area contributed by atoms with Crippen molar-refractivity contribution in [2.75, 3.05) is 22.6 Å². The molecule has 2 amide bonds. The lowest BCUT2D eigenvalue weighted by molar-refractivity contribution is -0.146. The van der Waals surface area contributed by atoms with Gasteiger partial charge < -0.3 is 30.6 Å². The molecule has 13 heteroatoms. The molecule has 3 heterocycles. The fourth-order valence-corrected chi connectivity index (χ4v) is 10.9. The SMILES string of the molecule is C[C@H]1[C@H]([Si](C)(C)O)[C@@H](CCn2cc(C(CO)c3ccccc3)nn2)O[C@]12C(=O)N(Cc1cccc(NC(=O)c3ccc(N)cc3)c1)c1ccc(Cl)cc12. The van der Waals surface area contributed by atoms with Crippen LogP contribution in [0.5, 0.6) is 0 Å². The van der Waals surface area contributed by atoms with E-state index in [1.807, 2.05) is 86.9 Å². The number of carbonyl (C=O) groups excluding carboxylic acids is 2. The second-order valence-electron chi connectivity index (χ2n) is 14.5. The summed E-state index contributed by atoms with van der Waals surface area (Å²) < 4.78 is 8.71. The third kappa shape index (κ3) is 7.00. The number of ether oxygens (including phenoxy) is 1. The van der Waals surface area contributed by atoms with Crippen molar-refractivity contribution in [3.8, 4) is 0 Å². The maximum absolute atomic E-state index is 14.9. The normalized spacial score (nSPS) is 21.6. The van der Waals surface area contributed by atoms with E-state index in [4.69, 9.17) is 22.1 Å². The third-order valence-electron chi connectivity index (χ3n) is 10.6. The molecule has 0 aliphatic carbocycles. The highest BCUT2D eigenvalue weighted by Crippen LogP contribution is 2.60. The maximum atomic E-state index is 14.9. The number of aryl methyl sites for hydroxylation is 1. The number of fused-ring (bicyclic) bond motifs is 2. The number of aliphatic hydroxyl groups is 1. The zero-order valence-corrected chi connectivity index (χ0v) is 31.6. The zero-order valence-electron chi connectivity index (χ0n) is 29.8. The number of nitrogens with one attached hydrogen (secondary N) is 1. The van der Waals surface area contributed by atoms with Gasteiger partial charge in [0.25, 0.3) is 11.8 Å². The van der Waals surface area contributed by atoms with Crippen LogP contribution in [-0.4, -0.2) is 57.7 Å². The Balaban J connectivity index is 1.14. The Kier molecular flexibility index (Phi) is 10.0. The van der Waals surface area contributed by atoms with Gasteiger partial charge in [-0.25, -0.2) is 0 Å². The summed E-state index contributed by atoms with van der Waals surface area (Å²) in [7, 11) is -2.91. The molecule has 1 saturated heterocycles. The van der Waals surface area contributed by atoms with Gasteiger partial charge in [-0.2, -0.15) is 0 Å². The Bertz CT molecular complexity index is 2120. The number of hydrogen-bond acceptors (Lipinski definition) is 8. The van der Waals surface area contributed by atoms with Crippen molar-refractivity contribution in [3.63, 3.8) is 0 Å². The minimum absolute atomic E-state index is 0.107. The number of amides is 2. The standard InChI is InChI=1S/C40H43ClN6O5Si/c1-25-37(53(2,3)51)36(18-19-46-23-34(44-45-46)32(24-48)27-9-5-4-6-10-27)52-40(25)33-21-29(41)14-17-35(33)47(39(40)50)22-26-8-7-11-31(20-26)43-38(49)28-12-15-30(42)16-13-28/h4-17,20-21,23,25,32,36-37,48,51H,18-19,22,24,42H2,1-3H3,(H,43,49)/t25-,32?,36+,37-,40+/m0/s1. The molecule has 2 aliphatic rings. The average molecular weight is 751 g/mol. The molecule has 1 unspecified atom stereocenters.